The van der Waals surface area contributed by atoms with E-state index >= 15 is 0 Å². The molecule has 0 amide bonds. The van der Waals surface area contributed by atoms with Gasteiger partial charge in [0.15, 0.2) is 0 Å². The van der Waals surface area contributed by atoms with E-state index in [0.717, 1.165) is 0 Å². The summed E-state index contributed by atoms with van der Waals surface area (Å²) >= 11 is 4.51. The third kappa shape index (κ3) is 33.7. The van der Waals surface area contributed by atoms with Gasteiger partial charge in [-0.25, -0.2) is 0 Å². The van der Waals surface area contributed by atoms with Crippen molar-refractivity contribution < 1.29 is 25.5 Å². The number of unbranched alkanes of at least 4 members (excludes halogenated alkanes) is 2. The van der Waals surface area contributed by atoms with Crippen molar-refractivity contribution in [2.45, 2.75) is 60.6 Å². The summed E-state index contributed by atoms with van der Waals surface area (Å²) in [6.45, 7) is 3.32. The largest absolute Gasteiger partial charge is 0.853 e. The van der Waals surface area contributed by atoms with Gasteiger partial charge in [-0.2, -0.15) is 0 Å². The predicted octanol–water partition coefficient (Wildman–Crippen LogP) is -0.286. The molecule has 0 fully saturated rings. The fraction of sp³-hybridized carbons (Fsp3) is 1.00. The molecule has 0 heterocycles. The van der Waals surface area contributed by atoms with E-state index in [1.165, 1.54) is 25.7 Å². The second kappa shape index (κ2) is 25.9. The molecule has 0 saturated carbocycles. The van der Waals surface area contributed by atoms with E-state index in [4.69, 9.17) is 20.4 Å². The van der Waals surface area contributed by atoms with E-state index in [0.29, 0.717) is 0 Å². The van der Waals surface area contributed by atoms with Crippen LogP contribution in [0.1, 0.15) is 39.5 Å². The maximum Gasteiger partial charge on any atom is 0.0677 e. The van der Waals surface area contributed by atoms with Crippen LogP contribution in [0.3, 0.4) is 0 Å². The number of rotatable bonds is 10. The predicted molar refractivity (Wildman–Crippen MR) is 88.5 cm³/mol. The molecule has 0 bridgehead atoms. The maximum absolute atomic E-state index is 9.45. The van der Waals surface area contributed by atoms with Gasteiger partial charge < -0.3 is 38.2 Å². The van der Waals surface area contributed by atoms with Crippen LogP contribution in [-0.4, -0.2) is 79.3 Å². The normalized spacial score (nSPS) is 12.2. The van der Waals surface area contributed by atoms with Crippen molar-refractivity contribution >= 4 is 33.8 Å². The molecule has 0 aliphatic rings. The Morgan fingerprint density at radius 3 is 1.52 bits per heavy atom. The maximum atomic E-state index is 9.45. The van der Waals surface area contributed by atoms with E-state index in [1.54, 1.807) is 8.87 Å². The van der Waals surface area contributed by atoms with Gasteiger partial charge in [-0.3, -0.25) is 0 Å². The fourth-order valence-corrected chi connectivity index (χ4v) is 5.10. The molecule has 21 heavy (non-hydrogen) atoms. The summed E-state index contributed by atoms with van der Waals surface area (Å²) in [5.74, 6) is 0.219. The molecule has 0 aliphatic carbocycles. The second-order valence-corrected chi connectivity index (χ2v) is 9.08. The molecule has 0 spiro atoms. The summed E-state index contributed by atoms with van der Waals surface area (Å²) < 4.78 is 3.25. The van der Waals surface area contributed by atoms with Gasteiger partial charge in [0.25, 0.3) is 0 Å². The van der Waals surface area contributed by atoms with Gasteiger partial charge in [0.05, 0.1) is 25.4 Å². The van der Waals surface area contributed by atoms with Crippen LogP contribution in [0.25, 0.3) is 0 Å². The van der Waals surface area contributed by atoms with Crippen LogP contribution < -0.4 is 5.11 Å². The van der Waals surface area contributed by atoms with Gasteiger partial charge in [0.1, 0.15) is 0 Å². The van der Waals surface area contributed by atoms with Gasteiger partial charge in [-0.05, 0) is 0 Å². The quantitative estimate of drug-likeness (QED) is 0.216. The molecule has 0 radical (unpaired) electrons. The van der Waals surface area contributed by atoms with Gasteiger partial charge in [-0.15, -0.1) is 12.4 Å². The molecule has 7 heteroatoms. The monoisotopic (exact) mass is 432 g/mol. The Bertz CT molecular complexity index is 142. The molecule has 0 rings (SSSR count). The Kier molecular flexibility index (Phi) is 33.1. The zero-order valence-electron chi connectivity index (χ0n) is 13.3. The van der Waals surface area contributed by atoms with Crippen molar-refractivity contribution in [2.75, 3.05) is 25.6 Å². The molecule has 2 atom stereocenters. The molecule has 0 saturated heterocycles. The molecular formula is C14H32O5SSn. The Morgan fingerprint density at radius 1 is 0.952 bits per heavy atom. The number of hydrogen-bond acceptors (Lipinski definition) is 6. The topological polar surface area (TPSA) is 104 Å². The molecule has 2 unspecified atom stereocenters. The van der Waals surface area contributed by atoms with Crippen LogP contribution in [0, 0.1) is 0 Å². The van der Waals surface area contributed by atoms with E-state index in [-0.39, 0.29) is 33.5 Å². The van der Waals surface area contributed by atoms with Gasteiger partial charge >= 0.3 is 69.5 Å². The molecule has 0 aromatic carbocycles. The van der Waals surface area contributed by atoms with E-state index < -0.39 is 25.4 Å². The summed E-state index contributed by atoms with van der Waals surface area (Å²) in [4.78, 5) is 0. The SMILES string of the molecule is CCC[CH2][Sn+2][CH2]CCC.OCC(O)C[S-].[O-]CC(O)CO. The van der Waals surface area contributed by atoms with Crippen molar-refractivity contribution in [2.24, 2.45) is 0 Å². The molecular weight excluding hydrogens is 399 g/mol. The first-order valence-corrected chi connectivity index (χ1v) is 12.1. The third-order valence-corrected chi connectivity index (χ3v) is 6.64. The van der Waals surface area contributed by atoms with Gasteiger partial charge in [0, 0.05) is 0 Å². The van der Waals surface area contributed by atoms with Crippen LogP contribution in [0.15, 0.2) is 0 Å². The standard InChI is InChI=1S/2C4H9.C3H7O3.C3H8O2S.Sn/c2*1-3-4-2;4-1-3(6)2-5;4-1-3(5)2-6;/h2*1,3-4H2,2H3;3-4,6H,1-2H2;3-6H,1-2H2;/q;;-1;;+2/p-1. The van der Waals surface area contributed by atoms with Gasteiger partial charge in [0.2, 0.25) is 0 Å². The summed E-state index contributed by atoms with van der Waals surface area (Å²) in [6, 6.07) is 0. The number of aliphatic hydroxyl groups excluding tert-OH is 4. The molecule has 4 N–H and O–H groups in total. The molecule has 0 aromatic rings. The van der Waals surface area contributed by atoms with Crippen LogP contribution in [0.5, 0.6) is 0 Å². The molecule has 0 aromatic heterocycles. The smallest absolute Gasteiger partial charge is 0.0677 e. The van der Waals surface area contributed by atoms with Gasteiger partial charge in [-0.1, -0.05) is 0 Å². The van der Waals surface area contributed by atoms with Crippen molar-refractivity contribution in [3.8, 4) is 0 Å². The average molecular weight is 431 g/mol. The first-order chi connectivity index (χ1) is 10.0. The van der Waals surface area contributed by atoms with Crippen LogP contribution >= 0.6 is 0 Å². The number of hydrogen-bond donors (Lipinski definition) is 4. The van der Waals surface area contributed by atoms with E-state index in [2.05, 4.69) is 26.5 Å². The first-order valence-electron chi connectivity index (χ1n) is 7.48. The summed E-state index contributed by atoms with van der Waals surface area (Å²) in [5.41, 5.74) is 0. The molecule has 0 aliphatic heterocycles. The minimum atomic E-state index is -1.06. The first kappa shape index (κ1) is 26.8. The Hall–Kier alpha value is 0.949. The Balaban J connectivity index is -0.000000240. The summed E-state index contributed by atoms with van der Waals surface area (Å²) in [6.07, 6.45) is 4.08. The van der Waals surface area contributed by atoms with E-state index in [9.17, 15) is 5.11 Å². The van der Waals surface area contributed by atoms with Crippen molar-refractivity contribution in [3.05, 3.63) is 0 Å². The van der Waals surface area contributed by atoms with Crippen LogP contribution in [0.4, 0.5) is 0 Å². The van der Waals surface area contributed by atoms with Crippen LogP contribution in [0.2, 0.25) is 8.87 Å². The minimum Gasteiger partial charge on any atom is -0.853 e. The molecule has 5 nitrogen and oxygen atoms in total. The zero-order chi connectivity index (χ0) is 16.9. The second-order valence-electron chi connectivity index (χ2n) is 4.46. The Morgan fingerprint density at radius 2 is 1.38 bits per heavy atom. The third-order valence-electron chi connectivity index (χ3n) is 2.22. The minimum absolute atomic E-state index is 0.149. The fourth-order valence-electron chi connectivity index (χ4n) is 0.834. The molecule has 128 valence electrons. The van der Waals surface area contributed by atoms with E-state index in [1.807, 2.05) is 0 Å². The summed E-state index contributed by atoms with van der Waals surface area (Å²) in [7, 11) is 0. The van der Waals surface area contributed by atoms with Crippen molar-refractivity contribution in [1.29, 1.82) is 0 Å². The van der Waals surface area contributed by atoms with Crippen LogP contribution in [-0.2, 0) is 12.6 Å². The summed E-state index contributed by atoms with van der Waals surface area (Å²) in [5, 5.41) is 41.8. The van der Waals surface area contributed by atoms with Crippen molar-refractivity contribution in [3.63, 3.8) is 0 Å². The van der Waals surface area contributed by atoms with Crippen molar-refractivity contribution in [1.82, 2.24) is 0 Å². The number of aliphatic hydroxyl groups is 4. The average Bonchev–Trinajstić information content (AvgIpc) is 2.54. The Labute approximate surface area is 145 Å². The zero-order valence-corrected chi connectivity index (χ0v) is 17.0.